The average Bonchev–Trinajstić information content (AvgIpc) is 3.68. The number of amides is 4. The molecule has 53 heavy (non-hydrogen) atoms. The van der Waals surface area contributed by atoms with Gasteiger partial charge in [-0.3, -0.25) is 9.36 Å². The SMILES string of the molecule is COc1ccc(C[C@H](NC(=O)NCCOCCOCCNC(=O)OC(C)(C)C)C(=O)N[C@H]2[C@@H](O)[C@H](n3cnc4c(N(C)C)ncnc43)O[C@@H]2CO)cc1. The number of aliphatic hydroxyl groups excluding tert-OH is 2. The van der Waals surface area contributed by atoms with Crippen LogP contribution in [0.5, 0.6) is 5.75 Å². The summed E-state index contributed by atoms with van der Waals surface area (Å²) >= 11 is 0. The van der Waals surface area contributed by atoms with Crippen LogP contribution >= 0.6 is 0 Å². The third-order valence-corrected chi connectivity index (χ3v) is 7.94. The first-order chi connectivity index (χ1) is 25.3. The molecular weight excluding hydrogens is 694 g/mol. The molecule has 292 valence electrons. The van der Waals surface area contributed by atoms with Crippen molar-refractivity contribution in [3.05, 3.63) is 42.5 Å². The van der Waals surface area contributed by atoms with E-state index in [1.54, 1.807) is 57.0 Å². The summed E-state index contributed by atoms with van der Waals surface area (Å²) < 4.78 is 28.9. The van der Waals surface area contributed by atoms with Crippen molar-refractivity contribution in [1.82, 2.24) is 40.8 Å². The van der Waals surface area contributed by atoms with Crippen molar-refractivity contribution < 1.29 is 48.3 Å². The van der Waals surface area contributed by atoms with E-state index >= 15 is 0 Å². The van der Waals surface area contributed by atoms with Crippen LogP contribution in [0.1, 0.15) is 32.6 Å². The molecule has 0 spiro atoms. The number of urea groups is 1. The van der Waals surface area contributed by atoms with E-state index in [1.807, 2.05) is 14.1 Å². The summed E-state index contributed by atoms with van der Waals surface area (Å²) in [5.74, 6) is 0.587. The Morgan fingerprint density at radius 2 is 1.68 bits per heavy atom. The molecule has 3 aromatic rings. The zero-order valence-electron chi connectivity index (χ0n) is 30.9. The summed E-state index contributed by atoms with van der Waals surface area (Å²) in [4.78, 5) is 53.1. The summed E-state index contributed by atoms with van der Waals surface area (Å²) in [6, 6.07) is 4.29. The van der Waals surface area contributed by atoms with Gasteiger partial charge in [-0.2, -0.15) is 0 Å². The minimum absolute atomic E-state index is 0.104. The molecule has 1 saturated heterocycles. The number of anilines is 1. The second-order valence-electron chi connectivity index (χ2n) is 13.3. The van der Waals surface area contributed by atoms with E-state index < -0.39 is 60.8 Å². The number of nitrogens with one attached hydrogen (secondary N) is 4. The number of benzene rings is 1. The molecule has 1 aliphatic heterocycles. The molecule has 3 heterocycles. The highest BCUT2D eigenvalue weighted by atomic mass is 16.6. The lowest BCUT2D eigenvalue weighted by Gasteiger charge is -2.25. The summed E-state index contributed by atoms with van der Waals surface area (Å²) in [5.41, 5.74) is 1.04. The third-order valence-electron chi connectivity index (χ3n) is 7.94. The molecule has 1 fully saturated rings. The highest BCUT2D eigenvalue weighted by Crippen LogP contribution is 2.32. The van der Waals surface area contributed by atoms with Gasteiger partial charge in [-0.25, -0.2) is 24.5 Å². The number of ether oxygens (including phenoxy) is 5. The minimum atomic E-state index is -1.32. The maximum atomic E-state index is 13.8. The van der Waals surface area contributed by atoms with Gasteiger partial charge in [-0.1, -0.05) is 12.1 Å². The van der Waals surface area contributed by atoms with Gasteiger partial charge in [0.2, 0.25) is 5.91 Å². The van der Waals surface area contributed by atoms with Crippen LogP contribution in [0.2, 0.25) is 0 Å². The zero-order valence-corrected chi connectivity index (χ0v) is 30.9. The molecule has 2 aromatic heterocycles. The quantitative estimate of drug-likeness (QED) is 0.0950. The summed E-state index contributed by atoms with van der Waals surface area (Å²) in [7, 11) is 5.17. The van der Waals surface area contributed by atoms with E-state index in [9.17, 15) is 24.6 Å². The zero-order chi connectivity index (χ0) is 38.5. The molecule has 4 amide bonds. The molecule has 6 N–H and O–H groups in total. The summed E-state index contributed by atoms with van der Waals surface area (Å²) in [6.07, 6.45) is -0.921. The van der Waals surface area contributed by atoms with E-state index in [-0.39, 0.29) is 45.9 Å². The minimum Gasteiger partial charge on any atom is -0.497 e. The second-order valence-corrected chi connectivity index (χ2v) is 13.3. The molecule has 0 saturated carbocycles. The fourth-order valence-electron chi connectivity index (χ4n) is 5.44. The Bertz CT molecular complexity index is 1630. The number of carbonyl (C=O) groups is 3. The number of alkyl carbamates (subject to hydrolysis) is 1. The molecule has 0 aliphatic carbocycles. The number of imidazole rings is 1. The van der Waals surface area contributed by atoms with Gasteiger partial charge in [0.05, 0.1) is 52.5 Å². The Labute approximate surface area is 307 Å². The van der Waals surface area contributed by atoms with Gasteiger partial charge in [0, 0.05) is 33.6 Å². The molecule has 1 aromatic carbocycles. The van der Waals surface area contributed by atoms with Crippen LogP contribution < -0.4 is 30.9 Å². The van der Waals surface area contributed by atoms with E-state index in [4.69, 9.17) is 23.7 Å². The number of nitrogens with zero attached hydrogens (tertiary/aromatic N) is 5. The highest BCUT2D eigenvalue weighted by molar-refractivity contribution is 5.87. The summed E-state index contributed by atoms with van der Waals surface area (Å²) in [5, 5.41) is 32.3. The maximum Gasteiger partial charge on any atom is 0.407 e. The van der Waals surface area contributed by atoms with E-state index in [2.05, 4.69) is 36.2 Å². The molecule has 19 heteroatoms. The number of methoxy groups -OCH3 is 1. The van der Waals surface area contributed by atoms with Crippen LogP contribution in [0.15, 0.2) is 36.9 Å². The lowest BCUT2D eigenvalue weighted by Crippen LogP contribution is -2.57. The number of carbonyl (C=O) groups excluding carboxylic acids is 3. The molecule has 5 atom stereocenters. The number of hydrogen-bond donors (Lipinski definition) is 6. The van der Waals surface area contributed by atoms with Gasteiger partial charge in [-0.15, -0.1) is 0 Å². The molecule has 0 unspecified atom stereocenters. The monoisotopic (exact) mass is 745 g/mol. The third kappa shape index (κ3) is 11.8. The van der Waals surface area contributed by atoms with Gasteiger partial charge < -0.3 is 60.1 Å². The van der Waals surface area contributed by atoms with Gasteiger partial charge in [0.25, 0.3) is 0 Å². The molecule has 0 radical (unpaired) electrons. The first-order valence-electron chi connectivity index (χ1n) is 17.2. The van der Waals surface area contributed by atoms with E-state index in [0.29, 0.717) is 22.7 Å². The average molecular weight is 746 g/mol. The Morgan fingerprint density at radius 3 is 2.30 bits per heavy atom. The number of aliphatic hydroxyl groups is 2. The van der Waals surface area contributed by atoms with Crippen LogP contribution in [-0.4, -0.2) is 145 Å². The van der Waals surface area contributed by atoms with Crippen LogP contribution in [0, 0.1) is 0 Å². The number of fused-ring (bicyclic) bond motifs is 1. The predicted octanol–water partition coefficient (Wildman–Crippen LogP) is 0.105. The molecule has 4 rings (SSSR count). The predicted molar refractivity (Wildman–Crippen MR) is 191 cm³/mol. The molecule has 0 bridgehead atoms. The highest BCUT2D eigenvalue weighted by Gasteiger charge is 2.46. The van der Waals surface area contributed by atoms with Gasteiger partial charge in [0.15, 0.2) is 23.2 Å². The summed E-state index contributed by atoms with van der Waals surface area (Å²) in [6.45, 7) is 6.25. The molecular formula is C34H51N9O10. The van der Waals surface area contributed by atoms with Gasteiger partial charge in [0.1, 0.15) is 35.9 Å². The lowest BCUT2D eigenvalue weighted by atomic mass is 10.0. The smallest absolute Gasteiger partial charge is 0.407 e. The molecule has 1 aliphatic rings. The van der Waals surface area contributed by atoms with Crippen molar-refractivity contribution in [3.63, 3.8) is 0 Å². The Morgan fingerprint density at radius 1 is 1.00 bits per heavy atom. The first-order valence-corrected chi connectivity index (χ1v) is 17.2. The Balaban J connectivity index is 1.31. The normalized spacial score (nSPS) is 19.0. The van der Waals surface area contributed by atoms with Crippen molar-refractivity contribution >= 4 is 35.0 Å². The number of aromatic nitrogens is 4. The number of rotatable bonds is 18. The van der Waals surface area contributed by atoms with Gasteiger partial charge in [-0.05, 0) is 38.5 Å². The van der Waals surface area contributed by atoms with E-state index in [0.717, 1.165) is 5.56 Å². The van der Waals surface area contributed by atoms with Crippen molar-refractivity contribution in [3.8, 4) is 5.75 Å². The second kappa shape index (κ2) is 19.3. The van der Waals surface area contributed by atoms with Crippen LogP contribution in [-0.2, 0) is 30.2 Å². The largest absolute Gasteiger partial charge is 0.497 e. The van der Waals surface area contributed by atoms with Crippen LogP contribution in [0.4, 0.5) is 15.4 Å². The maximum absolute atomic E-state index is 13.8. The molecule has 19 nitrogen and oxygen atoms in total. The number of hydrogen-bond acceptors (Lipinski definition) is 14. The standard InChI is InChI=1S/C34H51N9O10/c1-34(2,3)53-33(48)36-12-14-51-16-15-50-13-11-35-32(47)40-23(17-21-7-9-22(49-6)10-8-21)30(46)41-25-24(18-44)52-31(27(25)45)43-20-39-26-28(42(4)5)37-19-38-29(26)43/h7-10,19-20,23-25,27,31,44-45H,11-18H2,1-6H3,(H,36,48)(H,41,46)(H2,35,40,47)/t23-,24+,25+,27+,31+/m0/s1. The Hall–Kier alpha value is -4.82. The van der Waals surface area contributed by atoms with Crippen LogP contribution in [0.25, 0.3) is 11.2 Å². The van der Waals surface area contributed by atoms with Gasteiger partial charge >= 0.3 is 12.1 Å². The first kappa shape index (κ1) is 40.9. The van der Waals surface area contributed by atoms with Crippen molar-refractivity contribution in [2.75, 3.05) is 72.2 Å². The lowest BCUT2D eigenvalue weighted by molar-refractivity contribution is -0.124. The van der Waals surface area contributed by atoms with Crippen molar-refractivity contribution in [1.29, 1.82) is 0 Å². The van der Waals surface area contributed by atoms with Crippen LogP contribution in [0.3, 0.4) is 0 Å². The Kier molecular flexibility index (Phi) is 14.9. The van der Waals surface area contributed by atoms with Crippen molar-refractivity contribution in [2.24, 2.45) is 0 Å². The topological polar surface area (TPSA) is 233 Å². The fraction of sp³-hybridized carbons (Fsp3) is 0.588. The van der Waals surface area contributed by atoms with E-state index in [1.165, 1.54) is 17.2 Å². The fourth-order valence-corrected chi connectivity index (χ4v) is 5.44. The van der Waals surface area contributed by atoms with Crippen molar-refractivity contribution in [2.45, 2.75) is 63.3 Å².